The van der Waals surface area contributed by atoms with E-state index in [1.807, 2.05) is 31.2 Å². The van der Waals surface area contributed by atoms with Crippen molar-refractivity contribution in [2.45, 2.75) is 19.4 Å². The number of nitrogens with two attached hydrogens (primary N) is 1. The number of nitrogens with one attached hydrogen (secondary N) is 1. The second-order valence-corrected chi connectivity index (χ2v) is 4.75. The zero-order chi connectivity index (χ0) is 12.7. The number of rotatable bonds is 7. The van der Waals surface area contributed by atoms with Gasteiger partial charge in [-0.05, 0) is 25.1 Å². The molecule has 1 unspecified atom stereocenters. The van der Waals surface area contributed by atoms with Gasteiger partial charge in [0.25, 0.3) is 0 Å². The van der Waals surface area contributed by atoms with E-state index in [0.717, 1.165) is 10.2 Å². The van der Waals surface area contributed by atoms with Gasteiger partial charge in [-0.2, -0.15) is 0 Å². The fourth-order valence-electron chi connectivity index (χ4n) is 1.40. The van der Waals surface area contributed by atoms with Crippen LogP contribution in [0.2, 0.25) is 0 Å². The number of halogens is 1. The molecule has 0 aliphatic heterocycles. The molecule has 0 radical (unpaired) electrons. The molecule has 1 aromatic rings. The summed E-state index contributed by atoms with van der Waals surface area (Å²) in [5, 5.41) is 3.16. The quantitative estimate of drug-likeness (QED) is 0.753. The van der Waals surface area contributed by atoms with Crippen molar-refractivity contribution in [3.05, 3.63) is 28.7 Å². The SMILES string of the molecule is CC(CC(N)=O)NCCOc1cccc(Br)c1. The number of hydrogen-bond acceptors (Lipinski definition) is 3. The highest BCUT2D eigenvalue weighted by Crippen LogP contribution is 2.17. The van der Waals surface area contributed by atoms with Gasteiger partial charge in [-0.3, -0.25) is 4.79 Å². The number of benzene rings is 1. The molecular weight excluding hydrogens is 284 g/mol. The van der Waals surface area contributed by atoms with Crippen LogP contribution in [0.1, 0.15) is 13.3 Å². The fraction of sp³-hybridized carbons (Fsp3) is 0.417. The monoisotopic (exact) mass is 300 g/mol. The topological polar surface area (TPSA) is 64.4 Å². The van der Waals surface area contributed by atoms with Crippen LogP contribution in [0.25, 0.3) is 0 Å². The second kappa shape index (κ2) is 7.29. The van der Waals surface area contributed by atoms with E-state index >= 15 is 0 Å². The molecule has 0 fully saturated rings. The Morgan fingerprint density at radius 2 is 2.35 bits per heavy atom. The Morgan fingerprint density at radius 3 is 3.00 bits per heavy atom. The number of carbonyl (C=O) groups excluding carboxylic acids is 1. The lowest BCUT2D eigenvalue weighted by Crippen LogP contribution is -2.33. The molecule has 17 heavy (non-hydrogen) atoms. The van der Waals surface area contributed by atoms with Crippen molar-refractivity contribution in [1.29, 1.82) is 0 Å². The van der Waals surface area contributed by atoms with Gasteiger partial charge < -0.3 is 15.8 Å². The van der Waals surface area contributed by atoms with Crippen molar-refractivity contribution in [1.82, 2.24) is 5.32 Å². The van der Waals surface area contributed by atoms with Gasteiger partial charge in [-0.15, -0.1) is 0 Å². The maximum Gasteiger partial charge on any atom is 0.218 e. The number of amides is 1. The second-order valence-electron chi connectivity index (χ2n) is 3.83. The summed E-state index contributed by atoms with van der Waals surface area (Å²) in [6, 6.07) is 7.76. The normalized spacial score (nSPS) is 12.1. The van der Waals surface area contributed by atoms with Gasteiger partial charge in [0.1, 0.15) is 12.4 Å². The van der Waals surface area contributed by atoms with Crippen molar-refractivity contribution in [2.75, 3.05) is 13.2 Å². The van der Waals surface area contributed by atoms with E-state index in [-0.39, 0.29) is 11.9 Å². The largest absolute Gasteiger partial charge is 0.492 e. The van der Waals surface area contributed by atoms with Crippen LogP contribution in [0.3, 0.4) is 0 Å². The lowest BCUT2D eigenvalue weighted by atomic mass is 10.2. The van der Waals surface area contributed by atoms with Crippen LogP contribution >= 0.6 is 15.9 Å². The molecule has 0 saturated heterocycles. The third kappa shape index (κ3) is 6.28. The predicted molar refractivity (Wildman–Crippen MR) is 70.9 cm³/mol. The lowest BCUT2D eigenvalue weighted by molar-refractivity contribution is -0.118. The molecule has 1 aromatic carbocycles. The van der Waals surface area contributed by atoms with Crippen LogP contribution in [-0.2, 0) is 4.79 Å². The number of hydrogen-bond donors (Lipinski definition) is 2. The van der Waals surface area contributed by atoms with Crippen molar-refractivity contribution < 1.29 is 9.53 Å². The highest BCUT2D eigenvalue weighted by atomic mass is 79.9. The first-order chi connectivity index (χ1) is 8.08. The minimum Gasteiger partial charge on any atom is -0.492 e. The molecule has 0 bridgehead atoms. The van der Waals surface area contributed by atoms with E-state index in [1.165, 1.54) is 0 Å². The molecule has 0 aliphatic rings. The molecular formula is C12H17BrN2O2. The molecule has 0 saturated carbocycles. The summed E-state index contributed by atoms with van der Waals surface area (Å²) in [7, 11) is 0. The van der Waals surface area contributed by atoms with Gasteiger partial charge in [0.15, 0.2) is 0 Å². The highest BCUT2D eigenvalue weighted by Gasteiger charge is 2.04. The standard InChI is InChI=1S/C12H17BrN2O2/c1-9(7-12(14)16)15-5-6-17-11-4-2-3-10(13)8-11/h2-4,8-9,15H,5-7H2,1H3,(H2,14,16). The third-order valence-electron chi connectivity index (χ3n) is 2.17. The molecule has 1 amide bonds. The first-order valence-corrected chi connectivity index (χ1v) is 6.27. The van der Waals surface area contributed by atoms with Crippen molar-refractivity contribution >= 4 is 21.8 Å². The molecule has 0 heterocycles. The number of primary amides is 1. The molecule has 3 N–H and O–H groups in total. The molecule has 1 atom stereocenters. The molecule has 0 aliphatic carbocycles. The van der Waals surface area contributed by atoms with Crippen LogP contribution in [0, 0.1) is 0 Å². The predicted octanol–water partition coefficient (Wildman–Crippen LogP) is 1.68. The molecule has 94 valence electrons. The Balaban J connectivity index is 2.18. The van der Waals surface area contributed by atoms with Gasteiger partial charge in [0, 0.05) is 23.5 Å². The zero-order valence-corrected chi connectivity index (χ0v) is 11.4. The van der Waals surface area contributed by atoms with Gasteiger partial charge in [0.2, 0.25) is 5.91 Å². The molecule has 1 rings (SSSR count). The molecule has 0 spiro atoms. The van der Waals surface area contributed by atoms with Gasteiger partial charge >= 0.3 is 0 Å². The van der Waals surface area contributed by atoms with Crippen LogP contribution in [0.4, 0.5) is 0 Å². The number of carbonyl (C=O) groups is 1. The van der Waals surface area contributed by atoms with E-state index in [2.05, 4.69) is 21.2 Å². The summed E-state index contributed by atoms with van der Waals surface area (Å²) in [6.07, 6.45) is 0.344. The van der Waals surface area contributed by atoms with E-state index in [1.54, 1.807) is 0 Å². The van der Waals surface area contributed by atoms with Crippen molar-refractivity contribution in [2.24, 2.45) is 5.73 Å². The first-order valence-electron chi connectivity index (χ1n) is 5.48. The summed E-state index contributed by atoms with van der Waals surface area (Å²) >= 11 is 3.37. The first kappa shape index (κ1) is 14.0. The minimum absolute atomic E-state index is 0.0820. The van der Waals surface area contributed by atoms with Crippen LogP contribution in [0.5, 0.6) is 5.75 Å². The Bertz CT molecular complexity index is 371. The maximum atomic E-state index is 10.6. The fourth-order valence-corrected chi connectivity index (χ4v) is 1.78. The maximum absolute atomic E-state index is 10.6. The Morgan fingerprint density at radius 1 is 1.59 bits per heavy atom. The zero-order valence-electron chi connectivity index (χ0n) is 9.78. The summed E-state index contributed by atoms with van der Waals surface area (Å²) in [5.74, 6) is 0.529. The lowest BCUT2D eigenvalue weighted by Gasteiger charge is -2.12. The van der Waals surface area contributed by atoms with Crippen LogP contribution in [-0.4, -0.2) is 25.1 Å². The molecule has 0 aromatic heterocycles. The summed E-state index contributed by atoms with van der Waals surface area (Å²) in [6.45, 7) is 3.16. The Hall–Kier alpha value is -1.07. The minimum atomic E-state index is -0.294. The highest BCUT2D eigenvalue weighted by molar-refractivity contribution is 9.10. The molecule has 5 heteroatoms. The smallest absolute Gasteiger partial charge is 0.218 e. The van der Waals surface area contributed by atoms with Crippen LogP contribution < -0.4 is 15.8 Å². The number of ether oxygens (including phenoxy) is 1. The van der Waals surface area contributed by atoms with Gasteiger partial charge in [-0.1, -0.05) is 22.0 Å². The summed E-state index contributed by atoms with van der Waals surface area (Å²) in [4.78, 5) is 10.6. The third-order valence-corrected chi connectivity index (χ3v) is 2.66. The van der Waals surface area contributed by atoms with Crippen molar-refractivity contribution in [3.8, 4) is 5.75 Å². The Labute approximate surface area is 110 Å². The average molecular weight is 301 g/mol. The van der Waals surface area contributed by atoms with E-state index in [0.29, 0.717) is 19.6 Å². The van der Waals surface area contributed by atoms with Gasteiger partial charge in [0.05, 0.1) is 0 Å². The Kier molecular flexibility index (Phi) is 6.00. The van der Waals surface area contributed by atoms with E-state index in [9.17, 15) is 4.79 Å². The average Bonchev–Trinajstić information content (AvgIpc) is 2.23. The summed E-state index contributed by atoms with van der Waals surface area (Å²) < 4.78 is 6.52. The van der Waals surface area contributed by atoms with Gasteiger partial charge in [-0.25, -0.2) is 0 Å². The molecule has 4 nitrogen and oxygen atoms in total. The van der Waals surface area contributed by atoms with E-state index < -0.39 is 0 Å². The van der Waals surface area contributed by atoms with E-state index in [4.69, 9.17) is 10.5 Å². The van der Waals surface area contributed by atoms with Crippen LogP contribution in [0.15, 0.2) is 28.7 Å². The summed E-state index contributed by atoms with van der Waals surface area (Å²) in [5.41, 5.74) is 5.09. The van der Waals surface area contributed by atoms with Crippen molar-refractivity contribution in [3.63, 3.8) is 0 Å².